The van der Waals surface area contributed by atoms with Gasteiger partial charge in [-0.15, -0.1) is 0 Å². The van der Waals surface area contributed by atoms with E-state index < -0.39 is 0 Å². The van der Waals surface area contributed by atoms with Crippen molar-refractivity contribution in [2.75, 3.05) is 43.4 Å². The Kier molecular flexibility index (Phi) is 6.62. The van der Waals surface area contributed by atoms with Crippen molar-refractivity contribution in [2.45, 2.75) is 12.2 Å². The van der Waals surface area contributed by atoms with E-state index in [4.69, 9.17) is 4.42 Å². The lowest BCUT2D eigenvalue weighted by molar-refractivity contribution is 0.194. The number of urea groups is 1. The van der Waals surface area contributed by atoms with Crippen molar-refractivity contribution in [1.82, 2.24) is 15.2 Å². The van der Waals surface area contributed by atoms with Crippen LogP contribution in [0.1, 0.15) is 12.2 Å². The highest BCUT2D eigenvalue weighted by Crippen LogP contribution is 2.14. The second-order valence-electron chi connectivity index (χ2n) is 5.88. The van der Waals surface area contributed by atoms with Gasteiger partial charge in [-0.3, -0.25) is 0 Å². The van der Waals surface area contributed by atoms with E-state index in [1.165, 1.54) is 0 Å². The highest BCUT2D eigenvalue weighted by atomic mass is 32.2. The Balaban J connectivity index is 1.28. The molecule has 0 atom stereocenters. The van der Waals surface area contributed by atoms with E-state index in [9.17, 15) is 4.79 Å². The smallest absolute Gasteiger partial charge is 0.317 e. The number of rotatable bonds is 7. The summed E-state index contributed by atoms with van der Waals surface area (Å²) >= 11 is 1.82. The Morgan fingerprint density at radius 3 is 2.80 bits per heavy atom. The maximum Gasteiger partial charge on any atom is 0.317 e. The number of hydrogen-bond acceptors (Lipinski definition) is 5. The largest absolute Gasteiger partial charge is 0.468 e. The molecule has 0 unspecified atom stereocenters. The number of nitrogens with zero attached hydrogens (tertiary/aromatic N) is 3. The number of carbonyl (C=O) groups excluding carboxylic acids is 1. The van der Waals surface area contributed by atoms with Crippen LogP contribution in [-0.2, 0) is 5.75 Å². The van der Waals surface area contributed by atoms with Crippen molar-refractivity contribution in [3.05, 3.63) is 48.6 Å². The summed E-state index contributed by atoms with van der Waals surface area (Å²) in [6, 6.07) is 9.85. The minimum atomic E-state index is 0.0386. The van der Waals surface area contributed by atoms with Gasteiger partial charge in [0.15, 0.2) is 0 Å². The molecule has 1 fully saturated rings. The molecule has 25 heavy (non-hydrogen) atoms. The van der Waals surface area contributed by atoms with Crippen LogP contribution >= 0.6 is 11.8 Å². The van der Waals surface area contributed by atoms with Crippen LogP contribution in [0.15, 0.2) is 47.2 Å². The molecule has 0 radical (unpaired) electrons. The number of hydrogen-bond donors (Lipinski definition) is 1. The summed E-state index contributed by atoms with van der Waals surface area (Å²) in [5.41, 5.74) is 0. The summed E-state index contributed by atoms with van der Waals surface area (Å²) in [4.78, 5) is 20.7. The highest BCUT2D eigenvalue weighted by molar-refractivity contribution is 7.98. The normalized spacial score (nSPS) is 14.6. The molecule has 3 heterocycles. The Morgan fingerprint density at radius 2 is 2.08 bits per heavy atom. The molecule has 6 nitrogen and oxygen atoms in total. The number of aromatic nitrogens is 1. The zero-order chi connectivity index (χ0) is 17.3. The van der Waals surface area contributed by atoms with E-state index in [2.05, 4.69) is 15.2 Å². The molecule has 0 aromatic carbocycles. The van der Waals surface area contributed by atoms with E-state index in [0.29, 0.717) is 6.54 Å². The van der Waals surface area contributed by atoms with Gasteiger partial charge in [0.2, 0.25) is 0 Å². The first-order valence-corrected chi connectivity index (χ1v) is 9.77. The predicted molar refractivity (Wildman–Crippen MR) is 101 cm³/mol. The molecule has 0 spiro atoms. The molecule has 2 amide bonds. The zero-order valence-corrected chi connectivity index (χ0v) is 15.1. The van der Waals surface area contributed by atoms with E-state index in [-0.39, 0.29) is 6.03 Å². The highest BCUT2D eigenvalue weighted by Gasteiger charge is 2.21. The van der Waals surface area contributed by atoms with Gasteiger partial charge in [-0.1, -0.05) is 6.07 Å². The Hall–Kier alpha value is -2.15. The third-order valence-electron chi connectivity index (χ3n) is 4.11. The molecular weight excluding hydrogens is 336 g/mol. The Morgan fingerprint density at radius 1 is 1.20 bits per heavy atom. The van der Waals surface area contributed by atoms with Gasteiger partial charge in [0, 0.05) is 38.9 Å². The Bertz CT molecular complexity index is 628. The maximum atomic E-state index is 12.2. The van der Waals surface area contributed by atoms with Crippen molar-refractivity contribution in [2.24, 2.45) is 0 Å². The topological polar surface area (TPSA) is 61.6 Å². The first kappa shape index (κ1) is 17.7. The fourth-order valence-corrected chi connectivity index (χ4v) is 3.59. The standard InChI is InChI=1S/C18H24N4O2S/c23-18(20-8-4-14-25-15-16-5-3-13-24-16)22-11-9-21(10-12-22)17-6-1-2-7-19-17/h1-3,5-7,13H,4,8-12,14-15H2,(H,20,23). The summed E-state index contributed by atoms with van der Waals surface area (Å²) in [7, 11) is 0. The van der Waals surface area contributed by atoms with Crippen LogP contribution in [0.4, 0.5) is 10.6 Å². The fraction of sp³-hybridized carbons (Fsp3) is 0.444. The van der Waals surface area contributed by atoms with Gasteiger partial charge in [0.1, 0.15) is 11.6 Å². The van der Waals surface area contributed by atoms with Crippen molar-refractivity contribution in [3.63, 3.8) is 0 Å². The lowest BCUT2D eigenvalue weighted by Gasteiger charge is -2.35. The molecule has 1 saturated heterocycles. The molecule has 0 bridgehead atoms. The number of anilines is 1. The van der Waals surface area contributed by atoms with Crippen LogP contribution in [-0.4, -0.2) is 54.4 Å². The Labute approximate surface area is 152 Å². The molecule has 3 rings (SSSR count). The number of pyridine rings is 1. The molecule has 0 aliphatic carbocycles. The van der Waals surface area contributed by atoms with Crippen molar-refractivity contribution >= 4 is 23.6 Å². The third-order valence-corrected chi connectivity index (χ3v) is 5.17. The predicted octanol–water partition coefficient (Wildman–Crippen LogP) is 2.83. The maximum absolute atomic E-state index is 12.2. The van der Waals surface area contributed by atoms with Crippen molar-refractivity contribution < 1.29 is 9.21 Å². The molecular formula is C18H24N4O2S. The number of amides is 2. The lowest BCUT2D eigenvalue weighted by Crippen LogP contribution is -2.52. The van der Waals surface area contributed by atoms with Crippen LogP contribution in [0.25, 0.3) is 0 Å². The second kappa shape index (κ2) is 9.36. The quantitative estimate of drug-likeness (QED) is 0.770. The first-order valence-electron chi connectivity index (χ1n) is 8.62. The lowest BCUT2D eigenvalue weighted by atomic mass is 10.3. The van der Waals surface area contributed by atoms with Gasteiger partial charge >= 0.3 is 6.03 Å². The third kappa shape index (κ3) is 5.42. The summed E-state index contributed by atoms with van der Waals surface area (Å²) in [6.07, 6.45) is 4.47. The zero-order valence-electron chi connectivity index (χ0n) is 14.3. The van der Waals surface area contributed by atoms with E-state index in [1.807, 2.05) is 47.0 Å². The number of piperazine rings is 1. The van der Waals surface area contributed by atoms with Gasteiger partial charge in [-0.25, -0.2) is 9.78 Å². The molecule has 1 N–H and O–H groups in total. The van der Waals surface area contributed by atoms with Crippen LogP contribution in [0.2, 0.25) is 0 Å². The summed E-state index contributed by atoms with van der Waals surface area (Å²) in [5, 5.41) is 3.02. The number of carbonyl (C=O) groups is 1. The van der Waals surface area contributed by atoms with Crippen LogP contribution in [0.5, 0.6) is 0 Å². The molecule has 134 valence electrons. The minimum Gasteiger partial charge on any atom is -0.468 e. The average Bonchev–Trinajstić information content (AvgIpc) is 3.19. The molecule has 2 aromatic rings. The van der Waals surface area contributed by atoms with E-state index >= 15 is 0 Å². The second-order valence-corrected chi connectivity index (χ2v) is 6.98. The fourth-order valence-electron chi connectivity index (χ4n) is 2.73. The van der Waals surface area contributed by atoms with Crippen LogP contribution in [0, 0.1) is 0 Å². The molecule has 2 aromatic heterocycles. The molecule has 7 heteroatoms. The SMILES string of the molecule is O=C(NCCCSCc1ccco1)N1CCN(c2ccccn2)CC1. The van der Waals surface area contributed by atoms with Gasteiger partial charge in [0.05, 0.1) is 12.0 Å². The van der Waals surface area contributed by atoms with Crippen molar-refractivity contribution in [3.8, 4) is 0 Å². The monoisotopic (exact) mass is 360 g/mol. The summed E-state index contributed by atoms with van der Waals surface area (Å²) < 4.78 is 5.29. The summed E-state index contributed by atoms with van der Waals surface area (Å²) in [5.74, 6) is 3.88. The number of nitrogens with one attached hydrogen (secondary N) is 1. The average molecular weight is 360 g/mol. The van der Waals surface area contributed by atoms with Gasteiger partial charge < -0.3 is 19.5 Å². The molecule has 0 saturated carbocycles. The van der Waals surface area contributed by atoms with Crippen molar-refractivity contribution in [1.29, 1.82) is 0 Å². The number of furan rings is 1. The van der Waals surface area contributed by atoms with Gasteiger partial charge in [0.25, 0.3) is 0 Å². The van der Waals surface area contributed by atoms with Crippen LogP contribution < -0.4 is 10.2 Å². The number of thioether (sulfide) groups is 1. The molecule has 1 aliphatic heterocycles. The first-order chi connectivity index (χ1) is 12.3. The molecule has 1 aliphatic rings. The van der Waals surface area contributed by atoms with E-state index in [1.54, 1.807) is 12.5 Å². The van der Waals surface area contributed by atoms with Gasteiger partial charge in [-0.05, 0) is 36.4 Å². The summed E-state index contributed by atoms with van der Waals surface area (Å²) in [6.45, 7) is 3.82. The van der Waals surface area contributed by atoms with Crippen LogP contribution in [0.3, 0.4) is 0 Å². The minimum absolute atomic E-state index is 0.0386. The van der Waals surface area contributed by atoms with Gasteiger partial charge in [-0.2, -0.15) is 11.8 Å². The van der Waals surface area contributed by atoms with E-state index in [0.717, 1.165) is 55.7 Å².